The Morgan fingerprint density at radius 3 is 2.53 bits per heavy atom. The van der Waals surface area contributed by atoms with Gasteiger partial charge in [-0.15, -0.1) is 0 Å². The summed E-state index contributed by atoms with van der Waals surface area (Å²) in [7, 11) is -1.63. The van der Waals surface area contributed by atoms with Crippen molar-refractivity contribution in [3.8, 4) is 0 Å². The zero-order chi connectivity index (χ0) is 11.7. The molecule has 2 unspecified atom stereocenters. The average Bonchev–Trinajstić information content (AvgIpc) is 2.39. The van der Waals surface area contributed by atoms with Gasteiger partial charge in [0.05, 0.1) is 18.6 Å². The second-order valence-corrected chi connectivity index (χ2v) is 6.48. The Kier molecular flexibility index (Phi) is 3.40. The molecule has 2 atom stereocenters. The maximum Gasteiger partial charge on any atom is 0.322 e. The third-order valence-corrected chi connectivity index (χ3v) is 4.53. The van der Waals surface area contributed by atoms with E-state index in [2.05, 4.69) is 10.1 Å². The van der Waals surface area contributed by atoms with Gasteiger partial charge in [0.2, 0.25) is 0 Å². The summed E-state index contributed by atoms with van der Waals surface area (Å²) in [5.41, 5.74) is -0.507. The van der Waals surface area contributed by atoms with Crippen LogP contribution >= 0.6 is 0 Å². The lowest BCUT2D eigenvalue weighted by atomic mass is 10.0. The zero-order valence-electron chi connectivity index (χ0n) is 9.24. The first-order chi connectivity index (χ1) is 6.78. The van der Waals surface area contributed by atoms with E-state index >= 15 is 0 Å². The number of esters is 1. The molecule has 0 aromatic heterocycles. The van der Waals surface area contributed by atoms with Crippen LogP contribution in [0.1, 0.15) is 20.3 Å². The molecular weight excluding hydrogens is 218 g/mol. The van der Waals surface area contributed by atoms with Crippen LogP contribution in [0.4, 0.5) is 0 Å². The van der Waals surface area contributed by atoms with Gasteiger partial charge in [0.15, 0.2) is 9.84 Å². The number of nitrogens with one attached hydrogen (secondary N) is 1. The van der Waals surface area contributed by atoms with Crippen LogP contribution in [0.25, 0.3) is 0 Å². The third-order valence-electron chi connectivity index (χ3n) is 2.62. The Morgan fingerprint density at radius 1 is 1.53 bits per heavy atom. The molecule has 0 amide bonds. The van der Waals surface area contributed by atoms with E-state index in [1.54, 1.807) is 6.92 Å². The number of sulfone groups is 1. The monoisotopic (exact) mass is 235 g/mol. The molecule has 1 aliphatic heterocycles. The number of ether oxygens (including phenoxy) is 1. The summed E-state index contributed by atoms with van der Waals surface area (Å²) in [4.78, 5) is 11.2. The lowest BCUT2D eigenvalue weighted by Crippen LogP contribution is -2.51. The number of methoxy groups -OCH3 is 1. The van der Waals surface area contributed by atoms with Crippen LogP contribution in [-0.4, -0.2) is 44.6 Å². The van der Waals surface area contributed by atoms with Crippen LogP contribution < -0.4 is 5.32 Å². The van der Waals surface area contributed by atoms with Crippen LogP contribution in [0, 0.1) is 0 Å². The fourth-order valence-corrected chi connectivity index (χ4v) is 3.99. The first kappa shape index (κ1) is 12.4. The van der Waals surface area contributed by atoms with Crippen molar-refractivity contribution in [2.75, 3.05) is 18.6 Å². The van der Waals surface area contributed by atoms with Crippen LogP contribution in [-0.2, 0) is 19.4 Å². The fraction of sp³-hybridized carbons (Fsp3) is 0.889. The third kappa shape index (κ3) is 3.17. The molecule has 0 saturated carbocycles. The van der Waals surface area contributed by atoms with E-state index in [0.717, 1.165) is 0 Å². The van der Waals surface area contributed by atoms with Crippen LogP contribution in [0.15, 0.2) is 0 Å². The molecule has 1 rings (SSSR count). The van der Waals surface area contributed by atoms with E-state index < -0.39 is 21.4 Å². The second-order valence-electron chi connectivity index (χ2n) is 4.29. The minimum absolute atomic E-state index is 0.0847. The SMILES string of the molecule is COC(=O)C(C)NC1(C)CCS(=O)(=O)C1. The molecule has 0 spiro atoms. The highest BCUT2D eigenvalue weighted by molar-refractivity contribution is 7.91. The number of carbonyl (C=O) groups excluding carboxylic acids is 1. The van der Waals surface area contributed by atoms with E-state index in [1.165, 1.54) is 7.11 Å². The maximum absolute atomic E-state index is 11.3. The van der Waals surface area contributed by atoms with Crippen LogP contribution in [0.5, 0.6) is 0 Å². The van der Waals surface area contributed by atoms with Gasteiger partial charge in [0, 0.05) is 5.54 Å². The summed E-state index contributed by atoms with van der Waals surface area (Å²) < 4.78 is 27.2. The first-order valence-corrected chi connectivity index (χ1v) is 6.66. The molecule has 0 aromatic carbocycles. The molecule has 0 radical (unpaired) electrons. The summed E-state index contributed by atoms with van der Waals surface area (Å²) in [5, 5.41) is 3.01. The molecule has 1 fully saturated rings. The highest BCUT2D eigenvalue weighted by Crippen LogP contribution is 2.23. The van der Waals surface area contributed by atoms with Crippen molar-refractivity contribution in [3.63, 3.8) is 0 Å². The van der Waals surface area contributed by atoms with Gasteiger partial charge < -0.3 is 4.74 Å². The molecule has 88 valence electrons. The molecule has 5 nitrogen and oxygen atoms in total. The fourth-order valence-electron chi connectivity index (χ4n) is 1.88. The van der Waals surface area contributed by atoms with E-state index in [9.17, 15) is 13.2 Å². The summed E-state index contributed by atoms with van der Waals surface area (Å²) >= 11 is 0. The molecule has 0 bridgehead atoms. The highest BCUT2D eigenvalue weighted by Gasteiger charge is 2.39. The summed E-state index contributed by atoms with van der Waals surface area (Å²) in [6.07, 6.45) is 0.538. The largest absolute Gasteiger partial charge is 0.468 e. The van der Waals surface area contributed by atoms with Crippen LogP contribution in [0.3, 0.4) is 0 Å². The van der Waals surface area contributed by atoms with Gasteiger partial charge >= 0.3 is 5.97 Å². The summed E-state index contributed by atoms with van der Waals surface area (Å²) in [6, 6.07) is -0.478. The normalized spacial score (nSPS) is 31.1. The minimum Gasteiger partial charge on any atom is -0.468 e. The van der Waals surface area contributed by atoms with Crippen molar-refractivity contribution in [2.45, 2.75) is 31.8 Å². The molecule has 0 aromatic rings. The maximum atomic E-state index is 11.3. The molecule has 6 heteroatoms. The number of hydrogen-bond donors (Lipinski definition) is 1. The highest BCUT2D eigenvalue weighted by atomic mass is 32.2. The molecule has 0 aliphatic carbocycles. The van der Waals surface area contributed by atoms with E-state index in [-0.39, 0.29) is 17.5 Å². The first-order valence-electron chi connectivity index (χ1n) is 4.84. The Hall–Kier alpha value is -0.620. The molecule has 1 aliphatic rings. The Morgan fingerprint density at radius 2 is 2.13 bits per heavy atom. The summed E-state index contributed by atoms with van der Waals surface area (Å²) in [5.74, 6) is -0.105. The molecule has 1 heterocycles. The zero-order valence-corrected chi connectivity index (χ0v) is 10.1. The standard InChI is InChI=1S/C9H17NO4S/c1-7(8(11)14-3)10-9(2)4-5-15(12,13)6-9/h7,10H,4-6H2,1-3H3. The van der Waals surface area contributed by atoms with Crippen molar-refractivity contribution in [1.82, 2.24) is 5.32 Å². The quantitative estimate of drug-likeness (QED) is 0.681. The molecule has 1 N–H and O–H groups in total. The second kappa shape index (κ2) is 4.09. The predicted molar refractivity (Wildman–Crippen MR) is 56.3 cm³/mol. The lowest BCUT2D eigenvalue weighted by Gasteiger charge is -2.27. The van der Waals surface area contributed by atoms with Gasteiger partial charge in [-0.25, -0.2) is 8.42 Å². The van der Waals surface area contributed by atoms with E-state index in [1.807, 2.05) is 6.92 Å². The van der Waals surface area contributed by atoms with Gasteiger partial charge in [-0.1, -0.05) is 0 Å². The Bertz CT molecular complexity index is 351. The summed E-state index contributed by atoms with van der Waals surface area (Å²) in [6.45, 7) is 3.49. The van der Waals surface area contributed by atoms with Gasteiger partial charge in [-0.05, 0) is 20.3 Å². The van der Waals surface area contributed by atoms with Gasteiger partial charge in [-0.3, -0.25) is 10.1 Å². The Labute approximate surface area is 90.1 Å². The number of rotatable bonds is 3. The van der Waals surface area contributed by atoms with E-state index in [0.29, 0.717) is 6.42 Å². The smallest absolute Gasteiger partial charge is 0.322 e. The van der Waals surface area contributed by atoms with Crippen molar-refractivity contribution >= 4 is 15.8 Å². The predicted octanol–water partition coefficient (Wildman–Crippen LogP) is -0.285. The van der Waals surface area contributed by atoms with Gasteiger partial charge in [0.25, 0.3) is 0 Å². The van der Waals surface area contributed by atoms with Crippen molar-refractivity contribution in [3.05, 3.63) is 0 Å². The van der Waals surface area contributed by atoms with Crippen molar-refractivity contribution in [2.24, 2.45) is 0 Å². The van der Waals surface area contributed by atoms with Gasteiger partial charge in [-0.2, -0.15) is 0 Å². The molecular formula is C9H17NO4S. The average molecular weight is 235 g/mol. The number of carbonyl (C=O) groups is 1. The number of hydrogen-bond acceptors (Lipinski definition) is 5. The van der Waals surface area contributed by atoms with E-state index in [4.69, 9.17) is 0 Å². The van der Waals surface area contributed by atoms with Gasteiger partial charge in [0.1, 0.15) is 6.04 Å². The molecule has 15 heavy (non-hydrogen) atoms. The van der Waals surface area contributed by atoms with Crippen molar-refractivity contribution < 1.29 is 17.9 Å². The topological polar surface area (TPSA) is 72.5 Å². The van der Waals surface area contributed by atoms with Crippen molar-refractivity contribution in [1.29, 1.82) is 0 Å². The molecule has 1 saturated heterocycles. The lowest BCUT2D eigenvalue weighted by molar-refractivity contribution is -0.143. The van der Waals surface area contributed by atoms with Crippen LogP contribution in [0.2, 0.25) is 0 Å². The minimum atomic E-state index is -2.95. The Balaban J connectivity index is 2.63.